The molecular weight excluding hydrogens is 228 g/mol. The Morgan fingerprint density at radius 2 is 1.56 bits per heavy atom. The molecule has 4 aliphatic carbocycles. The van der Waals surface area contributed by atoms with Gasteiger partial charge in [-0.15, -0.1) is 0 Å². The van der Waals surface area contributed by atoms with Crippen molar-refractivity contribution in [2.45, 2.75) is 50.5 Å². The minimum absolute atomic E-state index is 0.0713. The highest BCUT2D eigenvalue weighted by Crippen LogP contribution is 2.57. The van der Waals surface area contributed by atoms with Gasteiger partial charge < -0.3 is 4.74 Å². The molecule has 0 atom stereocenters. The Labute approximate surface area is 110 Å². The molecule has 0 aromatic carbocycles. The summed E-state index contributed by atoms with van der Waals surface area (Å²) in [6.45, 7) is 5.53. The highest BCUT2D eigenvalue weighted by atomic mass is 17.2. The van der Waals surface area contributed by atoms with Crippen molar-refractivity contribution in [3.05, 3.63) is 6.92 Å². The predicted molar refractivity (Wildman–Crippen MR) is 68.7 cm³/mol. The third-order valence-electron chi connectivity index (χ3n) is 4.88. The standard InChI is InChI=1S/C15H25O3/c1-2-16-4-3-5-17-18-15-9-12-6-13(10-15)8-14(7-12)11-15/h12-14H,1-11H2. The third-order valence-corrected chi connectivity index (χ3v) is 4.88. The monoisotopic (exact) mass is 253 g/mol. The van der Waals surface area contributed by atoms with E-state index in [-0.39, 0.29) is 5.60 Å². The summed E-state index contributed by atoms with van der Waals surface area (Å²) < 4.78 is 5.18. The van der Waals surface area contributed by atoms with Crippen molar-refractivity contribution >= 4 is 0 Å². The summed E-state index contributed by atoms with van der Waals surface area (Å²) in [5.74, 6) is 2.73. The van der Waals surface area contributed by atoms with Gasteiger partial charge >= 0.3 is 0 Å². The fraction of sp³-hybridized carbons (Fsp3) is 0.933. The Morgan fingerprint density at radius 3 is 2.11 bits per heavy atom. The predicted octanol–water partition coefficient (Wildman–Crippen LogP) is 3.14. The lowest BCUT2D eigenvalue weighted by Crippen LogP contribution is -2.52. The van der Waals surface area contributed by atoms with E-state index in [9.17, 15) is 0 Å². The lowest BCUT2D eigenvalue weighted by Gasteiger charge is -2.55. The van der Waals surface area contributed by atoms with Gasteiger partial charge in [0.05, 0.1) is 6.61 Å². The van der Waals surface area contributed by atoms with Gasteiger partial charge in [0.15, 0.2) is 0 Å². The molecule has 1 radical (unpaired) electrons. The second kappa shape index (κ2) is 5.48. The van der Waals surface area contributed by atoms with Gasteiger partial charge in [-0.25, -0.2) is 9.78 Å². The first kappa shape index (κ1) is 12.9. The lowest BCUT2D eigenvalue weighted by molar-refractivity contribution is -0.387. The smallest absolute Gasteiger partial charge is 0.104 e. The van der Waals surface area contributed by atoms with Crippen LogP contribution in [0.15, 0.2) is 0 Å². The quantitative estimate of drug-likeness (QED) is 0.396. The van der Waals surface area contributed by atoms with Crippen molar-refractivity contribution < 1.29 is 14.5 Å². The van der Waals surface area contributed by atoms with E-state index in [0.29, 0.717) is 19.8 Å². The number of hydrogen-bond acceptors (Lipinski definition) is 3. The van der Waals surface area contributed by atoms with Crippen molar-refractivity contribution in [3.63, 3.8) is 0 Å². The maximum absolute atomic E-state index is 5.85. The topological polar surface area (TPSA) is 27.7 Å². The van der Waals surface area contributed by atoms with E-state index < -0.39 is 0 Å². The second-order valence-electron chi connectivity index (χ2n) is 6.47. The summed E-state index contributed by atoms with van der Waals surface area (Å²) in [7, 11) is 0. The van der Waals surface area contributed by atoms with Crippen LogP contribution in [0.5, 0.6) is 0 Å². The SMILES string of the molecule is [CH2]COCCCOOC12CC3CC(CC(C3)C1)C2. The Morgan fingerprint density at radius 1 is 0.944 bits per heavy atom. The van der Waals surface area contributed by atoms with Crippen molar-refractivity contribution in [3.8, 4) is 0 Å². The molecule has 3 heteroatoms. The minimum Gasteiger partial charge on any atom is -0.381 e. The third kappa shape index (κ3) is 2.73. The maximum atomic E-state index is 5.85. The van der Waals surface area contributed by atoms with Gasteiger partial charge in [-0.05, 0) is 69.6 Å². The largest absolute Gasteiger partial charge is 0.381 e. The van der Waals surface area contributed by atoms with Crippen LogP contribution in [0, 0.1) is 24.7 Å². The molecule has 103 valence electrons. The van der Waals surface area contributed by atoms with E-state index in [2.05, 4.69) is 6.92 Å². The molecule has 4 aliphatic rings. The Hall–Kier alpha value is -0.120. The van der Waals surface area contributed by atoms with E-state index in [1.54, 1.807) is 0 Å². The molecule has 0 N–H and O–H groups in total. The highest BCUT2D eigenvalue weighted by Gasteiger charge is 2.52. The molecule has 18 heavy (non-hydrogen) atoms. The van der Waals surface area contributed by atoms with Crippen LogP contribution in [-0.4, -0.2) is 25.4 Å². The molecule has 4 bridgehead atoms. The molecule has 0 unspecified atom stereocenters. The molecule has 4 saturated carbocycles. The van der Waals surface area contributed by atoms with Crippen LogP contribution in [0.4, 0.5) is 0 Å². The van der Waals surface area contributed by atoms with Crippen molar-refractivity contribution in [2.75, 3.05) is 19.8 Å². The average Bonchev–Trinajstić information content (AvgIpc) is 2.32. The number of rotatable bonds is 7. The molecule has 0 saturated heterocycles. The fourth-order valence-electron chi connectivity index (χ4n) is 4.62. The van der Waals surface area contributed by atoms with Gasteiger partial charge in [-0.2, -0.15) is 0 Å². The van der Waals surface area contributed by atoms with Gasteiger partial charge in [0.2, 0.25) is 0 Å². The first-order valence-corrected chi connectivity index (χ1v) is 7.47. The zero-order chi connectivity index (χ0) is 12.4. The van der Waals surface area contributed by atoms with E-state index in [1.165, 1.54) is 38.5 Å². The molecular formula is C15H25O3. The molecule has 0 aliphatic heterocycles. The van der Waals surface area contributed by atoms with Crippen LogP contribution in [0.2, 0.25) is 0 Å². The van der Waals surface area contributed by atoms with E-state index in [0.717, 1.165) is 24.2 Å². The second-order valence-corrected chi connectivity index (χ2v) is 6.47. The van der Waals surface area contributed by atoms with Gasteiger partial charge in [0.1, 0.15) is 5.60 Å². The van der Waals surface area contributed by atoms with Crippen molar-refractivity contribution in [2.24, 2.45) is 17.8 Å². The molecule has 0 aromatic heterocycles. The van der Waals surface area contributed by atoms with E-state index in [1.807, 2.05) is 0 Å². The molecule has 0 amide bonds. The molecule has 3 nitrogen and oxygen atoms in total. The van der Waals surface area contributed by atoms with Crippen LogP contribution in [0.1, 0.15) is 44.9 Å². The molecule has 4 fully saturated rings. The zero-order valence-corrected chi connectivity index (χ0v) is 11.2. The molecule has 4 rings (SSSR count). The van der Waals surface area contributed by atoms with Crippen molar-refractivity contribution in [1.29, 1.82) is 0 Å². The van der Waals surface area contributed by atoms with Gasteiger partial charge in [0, 0.05) is 13.2 Å². The summed E-state index contributed by atoms with van der Waals surface area (Å²) in [5, 5.41) is 0. The summed E-state index contributed by atoms with van der Waals surface area (Å²) in [6, 6.07) is 0. The van der Waals surface area contributed by atoms with Crippen LogP contribution >= 0.6 is 0 Å². The fourth-order valence-corrected chi connectivity index (χ4v) is 4.62. The van der Waals surface area contributed by atoms with Crippen LogP contribution in [0.3, 0.4) is 0 Å². The van der Waals surface area contributed by atoms with Gasteiger partial charge in [-0.3, -0.25) is 0 Å². The summed E-state index contributed by atoms with van der Waals surface area (Å²) >= 11 is 0. The van der Waals surface area contributed by atoms with Gasteiger partial charge in [-0.1, -0.05) is 0 Å². The Balaban J connectivity index is 1.42. The summed E-state index contributed by atoms with van der Waals surface area (Å²) in [4.78, 5) is 11.3. The number of ether oxygens (including phenoxy) is 1. The minimum atomic E-state index is 0.0713. The maximum Gasteiger partial charge on any atom is 0.104 e. The van der Waals surface area contributed by atoms with Crippen LogP contribution in [0.25, 0.3) is 0 Å². The van der Waals surface area contributed by atoms with E-state index in [4.69, 9.17) is 14.5 Å². The highest BCUT2D eigenvalue weighted by molar-refractivity contribution is 5.02. The molecule has 0 spiro atoms. The zero-order valence-electron chi connectivity index (χ0n) is 11.2. The summed E-state index contributed by atoms with van der Waals surface area (Å²) in [5.41, 5.74) is 0.0713. The molecule has 0 heterocycles. The lowest BCUT2D eigenvalue weighted by atomic mass is 9.54. The first-order valence-electron chi connectivity index (χ1n) is 7.47. The first-order chi connectivity index (χ1) is 8.80. The van der Waals surface area contributed by atoms with Crippen LogP contribution < -0.4 is 0 Å². The summed E-state index contributed by atoms with van der Waals surface area (Å²) in [6.07, 6.45) is 8.92. The Bertz CT molecular complexity index is 242. The molecule has 0 aromatic rings. The van der Waals surface area contributed by atoms with Gasteiger partial charge in [0.25, 0.3) is 0 Å². The number of hydrogen-bond donors (Lipinski definition) is 0. The van der Waals surface area contributed by atoms with Crippen LogP contribution in [-0.2, 0) is 14.5 Å². The van der Waals surface area contributed by atoms with Crippen molar-refractivity contribution in [1.82, 2.24) is 0 Å². The Kier molecular flexibility index (Phi) is 3.92. The normalized spacial score (nSPS) is 41.5. The van der Waals surface area contributed by atoms with E-state index >= 15 is 0 Å². The average molecular weight is 253 g/mol.